The fourth-order valence-corrected chi connectivity index (χ4v) is 4.02. The minimum atomic E-state index is 0. The van der Waals surface area contributed by atoms with Gasteiger partial charge < -0.3 is 12.3 Å². The fraction of sp³-hybridized carbons (Fsp3) is 0.364. The van der Waals surface area contributed by atoms with Crippen molar-refractivity contribution in [2.24, 2.45) is 0 Å². The smallest absolute Gasteiger partial charge is 0.209 e. The molecule has 1 radical (unpaired) electrons. The number of benzene rings is 2. The number of nitrogens with zero attached hydrogens (tertiary/aromatic N) is 3. The summed E-state index contributed by atoms with van der Waals surface area (Å²) in [5.41, 5.74) is 2.72. The number of carbonyl (C=O) groups is 1. The molecule has 2 heterocycles. The van der Waals surface area contributed by atoms with Gasteiger partial charge in [0.2, 0.25) is 6.41 Å². The van der Waals surface area contributed by atoms with Crippen molar-refractivity contribution in [2.45, 2.75) is 12.1 Å². The van der Waals surface area contributed by atoms with Crippen LogP contribution in [-0.2, 0) is 37.5 Å². The third-order valence-electron chi connectivity index (χ3n) is 5.50. The van der Waals surface area contributed by atoms with Gasteiger partial charge in [0, 0.05) is 78.0 Å². The molecule has 4 nitrogen and oxygen atoms in total. The first-order valence-corrected chi connectivity index (χ1v) is 9.12. The van der Waals surface area contributed by atoms with Gasteiger partial charge in [-0.2, -0.15) is 0 Å². The average Bonchev–Trinajstić information content (AvgIpc) is 2.66. The fourth-order valence-electron chi connectivity index (χ4n) is 4.02. The molecular weight excluding hydrogens is 411 g/mol. The number of likely N-dealkylation sites (tertiary alicyclic amines) is 1. The molecule has 0 aliphatic carbocycles. The van der Waals surface area contributed by atoms with Gasteiger partial charge >= 0.3 is 0 Å². The van der Waals surface area contributed by atoms with Gasteiger partial charge in [-0.1, -0.05) is 60.7 Å². The summed E-state index contributed by atoms with van der Waals surface area (Å²) >= 11 is 0. The van der Waals surface area contributed by atoms with Gasteiger partial charge in [-0.15, -0.1) is 0 Å². The minimum absolute atomic E-state index is 0. The van der Waals surface area contributed by atoms with Crippen molar-refractivity contribution < 1.29 is 37.5 Å². The van der Waals surface area contributed by atoms with Gasteiger partial charge in [0.1, 0.15) is 0 Å². The van der Waals surface area contributed by atoms with Crippen molar-refractivity contribution in [3.8, 4) is 0 Å². The maximum absolute atomic E-state index is 10.9. The summed E-state index contributed by atoms with van der Waals surface area (Å²) < 4.78 is 0. The molecule has 4 rings (SSSR count). The predicted octanol–water partition coefficient (Wildman–Crippen LogP) is 2.68. The molecule has 5 heteroatoms. The Hall–Kier alpha value is -1.07. The van der Waals surface area contributed by atoms with Crippen LogP contribution in [0.2, 0.25) is 0 Å². The van der Waals surface area contributed by atoms with E-state index in [2.05, 4.69) is 70.5 Å². The number of carbonyl (C=O) groups excluding carboxylic acids is 1. The van der Waals surface area contributed by atoms with Crippen LogP contribution < -0.4 is 0 Å². The molecule has 0 atom stereocenters. The molecule has 141 valence electrons. The van der Waals surface area contributed by atoms with E-state index in [1.165, 1.54) is 11.1 Å². The molecule has 0 saturated carbocycles. The van der Waals surface area contributed by atoms with Crippen molar-refractivity contribution in [3.05, 3.63) is 79.2 Å². The SMILES string of the molecule is O=CN1CCN(C2CN(C(c3ccccc3)c3ccccc3)C2)CC1.[CH3-].[Y]. The summed E-state index contributed by atoms with van der Waals surface area (Å²) in [4.78, 5) is 17.9. The zero-order chi connectivity index (χ0) is 17.1. The standard InChI is InChI=1S/C21H25N3O.CH3.Y/c25-17-22-11-13-23(14-12-22)20-15-24(16-20)21(18-7-3-1-4-8-18)19-9-5-2-6-10-19;;/h1-10,17,20-21H,11-16H2;1H3;/q;-1;. The zero-order valence-corrected chi connectivity index (χ0v) is 18.9. The zero-order valence-electron chi connectivity index (χ0n) is 16.1. The molecule has 2 fully saturated rings. The van der Waals surface area contributed by atoms with Crippen molar-refractivity contribution in [1.82, 2.24) is 14.7 Å². The maximum atomic E-state index is 10.9. The molecule has 0 bridgehead atoms. The van der Waals surface area contributed by atoms with E-state index in [0.29, 0.717) is 12.1 Å². The predicted molar refractivity (Wildman–Crippen MR) is 106 cm³/mol. The summed E-state index contributed by atoms with van der Waals surface area (Å²) in [6.07, 6.45) is 0.977. The third kappa shape index (κ3) is 5.06. The molecule has 0 spiro atoms. The van der Waals surface area contributed by atoms with Crippen LogP contribution in [0.4, 0.5) is 0 Å². The Bertz CT molecular complexity index is 644. The van der Waals surface area contributed by atoms with E-state index in [0.717, 1.165) is 45.7 Å². The molecule has 27 heavy (non-hydrogen) atoms. The van der Waals surface area contributed by atoms with Crippen molar-refractivity contribution in [1.29, 1.82) is 0 Å². The molecule has 2 aliphatic rings. The minimum Gasteiger partial charge on any atom is -0.358 e. The van der Waals surface area contributed by atoms with Crippen molar-refractivity contribution >= 4 is 6.41 Å². The molecular formula is C22H28N3OY-. The van der Waals surface area contributed by atoms with E-state index in [4.69, 9.17) is 0 Å². The van der Waals surface area contributed by atoms with Gasteiger partial charge in [0.25, 0.3) is 0 Å². The Morgan fingerprint density at radius 2 is 1.30 bits per heavy atom. The van der Waals surface area contributed by atoms with Crippen LogP contribution in [0.25, 0.3) is 0 Å². The Morgan fingerprint density at radius 3 is 1.74 bits per heavy atom. The Labute approximate surface area is 188 Å². The molecule has 2 saturated heterocycles. The first-order chi connectivity index (χ1) is 12.3. The van der Waals surface area contributed by atoms with Crippen LogP contribution in [-0.4, -0.2) is 66.4 Å². The molecule has 0 unspecified atom stereocenters. The summed E-state index contributed by atoms with van der Waals surface area (Å²) in [6.45, 7) is 5.91. The van der Waals surface area contributed by atoms with E-state index in [-0.39, 0.29) is 40.1 Å². The normalized spacial score (nSPS) is 18.3. The van der Waals surface area contributed by atoms with Gasteiger partial charge in [0.05, 0.1) is 6.04 Å². The Kier molecular flexibility index (Phi) is 8.62. The molecule has 2 aromatic carbocycles. The first-order valence-electron chi connectivity index (χ1n) is 9.12. The van der Waals surface area contributed by atoms with E-state index < -0.39 is 0 Å². The molecule has 0 N–H and O–H groups in total. The summed E-state index contributed by atoms with van der Waals surface area (Å²) in [7, 11) is 0. The van der Waals surface area contributed by atoms with Crippen LogP contribution in [0, 0.1) is 7.43 Å². The molecule has 2 aliphatic heterocycles. The number of rotatable bonds is 5. The van der Waals surface area contributed by atoms with Crippen LogP contribution in [0.1, 0.15) is 17.2 Å². The van der Waals surface area contributed by atoms with E-state index >= 15 is 0 Å². The van der Waals surface area contributed by atoms with Gasteiger partial charge in [-0.05, 0) is 11.1 Å². The van der Waals surface area contributed by atoms with Crippen LogP contribution in [0.5, 0.6) is 0 Å². The summed E-state index contributed by atoms with van der Waals surface area (Å²) in [5.74, 6) is 0. The number of hydrogen-bond acceptors (Lipinski definition) is 3. The quantitative estimate of drug-likeness (QED) is 0.530. The average molecular weight is 439 g/mol. The van der Waals surface area contributed by atoms with E-state index in [1.54, 1.807) is 0 Å². The first kappa shape index (κ1) is 22.2. The monoisotopic (exact) mass is 439 g/mol. The van der Waals surface area contributed by atoms with Crippen LogP contribution >= 0.6 is 0 Å². The summed E-state index contributed by atoms with van der Waals surface area (Å²) in [5, 5.41) is 0. The Balaban J connectivity index is 0.00000131. The third-order valence-corrected chi connectivity index (χ3v) is 5.50. The van der Waals surface area contributed by atoms with Crippen molar-refractivity contribution in [2.75, 3.05) is 39.3 Å². The molecule has 2 aromatic rings. The van der Waals surface area contributed by atoms with E-state index in [9.17, 15) is 4.79 Å². The van der Waals surface area contributed by atoms with Gasteiger partial charge in [-0.25, -0.2) is 0 Å². The number of hydrogen-bond donors (Lipinski definition) is 0. The largest absolute Gasteiger partial charge is 0.358 e. The number of piperazine rings is 1. The van der Waals surface area contributed by atoms with Gasteiger partial charge in [0.15, 0.2) is 0 Å². The second-order valence-electron chi connectivity index (χ2n) is 7.01. The molecule has 0 aromatic heterocycles. The molecule has 1 amide bonds. The second kappa shape index (κ2) is 10.5. The van der Waals surface area contributed by atoms with Crippen LogP contribution in [0.3, 0.4) is 0 Å². The van der Waals surface area contributed by atoms with Crippen molar-refractivity contribution in [3.63, 3.8) is 0 Å². The van der Waals surface area contributed by atoms with Gasteiger partial charge in [-0.3, -0.25) is 14.6 Å². The van der Waals surface area contributed by atoms with E-state index in [1.807, 2.05) is 4.90 Å². The topological polar surface area (TPSA) is 26.8 Å². The summed E-state index contributed by atoms with van der Waals surface area (Å²) in [6, 6.07) is 22.5. The van der Waals surface area contributed by atoms with Crippen LogP contribution in [0.15, 0.2) is 60.7 Å². The second-order valence-corrected chi connectivity index (χ2v) is 7.01. The number of amides is 1. The Morgan fingerprint density at radius 1 is 0.815 bits per heavy atom. The maximum Gasteiger partial charge on any atom is 0.209 e.